The molecule has 3 aromatic rings. The van der Waals surface area contributed by atoms with Crippen molar-refractivity contribution in [2.45, 2.75) is 38.0 Å². The predicted molar refractivity (Wildman–Crippen MR) is 121 cm³/mol. The summed E-state index contributed by atoms with van der Waals surface area (Å²) in [5.41, 5.74) is 7.57. The van der Waals surface area contributed by atoms with Crippen molar-refractivity contribution in [3.8, 4) is 17.1 Å². The normalized spacial score (nSPS) is 14.8. The molecular weight excluding hydrogens is 422 g/mol. The van der Waals surface area contributed by atoms with Gasteiger partial charge in [-0.25, -0.2) is 9.67 Å². The van der Waals surface area contributed by atoms with Crippen molar-refractivity contribution in [1.29, 1.82) is 0 Å². The molecule has 2 amide bonds. The molecule has 0 aliphatic carbocycles. The van der Waals surface area contributed by atoms with Crippen LogP contribution in [0.15, 0.2) is 73.4 Å². The predicted octanol–water partition coefficient (Wildman–Crippen LogP) is 2.92. The molecule has 2 aromatic heterocycles. The minimum Gasteiger partial charge on any atom is -0.447 e. The summed E-state index contributed by atoms with van der Waals surface area (Å²) in [4.78, 5) is 29.9. The number of unbranched alkanes of at least 4 members (excludes halogenated alkanes) is 1. The molecule has 9 nitrogen and oxygen atoms in total. The Bertz CT molecular complexity index is 1150. The Hall–Kier alpha value is -4.14. The number of hydrogen-bond donors (Lipinski definition) is 2. The highest BCUT2D eigenvalue weighted by atomic mass is 16.7. The van der Waals surface area contributed by atoms with Crippen LogP contribution in [0.3, 0.4) is 0 Å². The summed E-state index contributed by atoms with van der Waals surface area (Å²) < 4.78 is 12.4. The van der Waals surface area contributed by atoms with Crippen molar-refractivity contribution in [3.05, 3.63) is 79.0 Å². The first-order valence-corrected chi connectivity index (χ1v) is 10.7. The quantitative estimate of drug-likeness (QED) is 0.520. The first kappa shape index (κ1) is 22.1. The zero-order valence-corrected chi connectivity index (χ0v) is 18.2. The van der Waals surface area contributed by atoms with Crippen LogP contribution < -0.4 is 11.1 Å². The summed E-state index contributed by atoms with van der Waals surface area (Å²) in [5.74, 6) is -2.71. The molecule has 3 N–H and O–H groups in total. The third-order valence-electron chi connectivity index (χ3n) is 5.40. The van der Waals surface area contributed by atoms with Crippen molar-refractivity contribution < 1.29 is 19.1 Å². The van der Waals surface area contributed by atoms with E-state index in [0.29, 0.717) is 12.2 Å². The van der Waals surface area contributed by atoms with E-state index in [1.54, 1.807) is 29.2 Å². The minimum atomic E-state index is -1.79. The number of ether oxygens (including phenoxy) is 2. The van der Waals surface area contributed by atoms with Gasteiger partial charge in [-0.1, -0.05) is 50.1 Å². The third kappa shape index (κ3) is 4.43. The van der Waals surface area contributed by atoms with Crippen LogP contribution in [0.2, 0.25) is 0 Å². The Morgan fingerprint density at radius 2 is 1.88 bits per heavy atom. The molecule has 0 saturated carbocycles. The van der Waals surface area contributed by atoms with Gasteiger partial charge in [0.25, 0.3) is 5.91 Å². The molecule has 1 unspecified atom stereocenters. The Labute approximate surface area is 191 Å². The first-order valence-electron chi connectivity index (χ1n) is 10.7. The lowest BCUT2D eigenvalue weighted by Gasteiger charge is -2.33. The van der Waals surface area contributed by atoms with Crippen LogP contribution in [-0.2, 0) is 14.3 Å². The molecule has 0 bridgehead atoms. The highest BCUT2D eigenvalue weighted by molar-refractivity contribution is 5.98. The number of hydrogen-bond acceptors (Lipinski definition) is 6. The summed E-state index contributed by atoms with van der Waals surface area (Å²) in [5, 5.41) is 7.45. The van der Waals surface area contributed by atoms with Gasteiger partial charge in [0.05, 0.1) is 11.3 Å². The molecule has 9 heteroatoms. The number of nitrogens with zero attached hydrogens (tertiary/aromatic N) is 3. The highest BCUT2D eigenvalue weighted by Gasteiger charge is 2.51. The molecule has 170 valence electrons. The van der Waals surface area contributed by atoms with E-state index in [1.807, 2.05) is 43.3 Å². The van der Waals surface area contributed by atoms with E-state index in [0.717, 1.165) is 24.1 Å². The zero-order chi connectivity index (χ0) is 23.3. The number of rotatable bonds is 9. The number of carbonyl (C=O) groups is 2. The molecule has 4 rings (SSSR count). The summed E-state index contributed by atoms with van der Waals surface area (Å²) in [6.45, 7) is 2.01. The van der Waals surface area contributed by atoms with Crippen molar-refractivity contribution in [2.75, 3.05) is 0 Å². The van der Waals surface area contributed by atoms with Gasteiger partial charge in [0.2, 0.25) is 0 Å². The van der Waals surface area contributed by atoms with Crippen molar-refractivity contribution in [1.82, 2.24) is 20.1 Å². The van der Waals surface area contributed by atoms with E-state index >= 15 is 0 Å². The lowest BCUT2D eigenvalue weighted by atomic mass is 9.99. The largest absolute Gasteiger partial charge is 0.447 e. The maximum absolute atomic E-state index is 13.3. The molecule has 0 fully saturated rings. The lowest BCUT2D eigenvalue weighted by molar-refractivity contribution is -0.182. The Balaban J connectivity index is 1.62. The molecule has 33 heavy (non-hydrogen) atoms. The van der Waals surface area contributed by atoms with Crippen molar-refractivity contribution in [3.63, 3.8) is 0 Å². The number of amides is 2. The molecule has 1 aliphatic rings. The maximum Gasteiger partial charge on any atom is 0.351 e. The van der Waals surface area contributed by atoms with Gasteiger partial charge in [-0.3, -0.25) is 9.59 Å². The van der Waals surface area contributed by atoms with Gasteiger partial charge in [0.1, 0.15) is 18.6 Å². The molecule has 1 aliphatic heterocycles. The topological polar surface area (TPSA) is 121 Å². The summed E-state index contributed by atoms with van der Waals surface area (Å²) in [6, 6.07) is 14.1. The van der Waals surface area contributed by atoms with Crippen LogP contribution in [0.25, 0.3) is 17.1 Å². The number of nitrogens with one attached hydrogen (secondary N) is 1. The summed E-state index contributed by atoms with van der Waals surface area (Å²) in [7, 11) is 0. The molecule has 1 atom stereocenters. The SMILES string of the molecule is CCCCC(NC(=O)c1cccnc1-n1ccc(-c2ccccc2)n1)C1(C(N)=O)OC=CO1. The summed E-state index contributed by atoms with van der Waals surface area (Å²) in [6.07, 6.45) is 7.84. The van der Waals surface area contributed by atoms with Gasteiger partial charge in [-0.15, -0.1) is 0 Å². The van der Waals surface area contributed by atoms with Crippen LogP contribution in [0.4, 0.5) is 0 Å². The van der Waals surface area contributed by atoms with Gasteiger partial charge in [-0.05, 0) is 24.6 Å². The molecule has 3 heterocycles. The Kier molecular flexibility index (Phi) is 6.39. The number of nitrogens with two attached hydrogens (primary N) is 1. The second kappa shape index (κ2) is 9.56. The second-order valence-corrected chi connectivity index (χ2v) is 7.59. The smallest absolute Gasteiger partial charge is 0.351 e. The average Bonchev–Trinajstić information content (AvgIpc) is 3.53. The molecule has 1 aromatic carbocycles. The minimum absolute atomic E-state index is 0.285. The Morgan fingerprint density at radius 3 is 2.58 bits per heavy atom. The average molecular weight is 447 g/mol. The van der Waals surface area contributed by atoms with Crippen LogP contribution >= 0.6 is 0 Å². The Morgan fingerprint density at radius 1 is 1.12 bits per heavy atom. The van der Waals surface area contributed by atoms with E-state index < -0.39 is 23.6 Å². The van der Waals surface area contributed by atoms with Crippen molar-refractivity contribution in [2.24, 2.45) is 5.73 Å². The molecule has 0 radical (unpaired) electrons. The first-order chi connectivity index (χ1) is 16.0. The van der Waals surface area contributed by atoms with E-state index in [9.17, 15) is 9.59 Å². The van der Waals surface area contributed by atoms with Gasteiger partial charge in [-0.2, -0.15) is 5.10 Å². The number of aromatic nitrogens is 3. The van der Waals surface area contributed by atoms with E-state index in [2.05, 4.69) is 15.4 Å². The van der Waals surface area contributed by atoms with Crippen LogP contribution in [0.1, 0.15) is 36.5 Å². The van der Waals surface area contributed by atoms with Crippen molar-refractivity contribution >= 4 is 11.8 Å². The van der Waals surface area contributed by atoms with Gasteiger partial charge in [0.15, 0.2) is 5.82 Å². The molecule has 0 spiro atoms. The maximum atomic E-state index is 13.3. The lowest BCUT2D eigenvalue weighted by Crippen LogP contribution is -2.60. The van der Waals surface area contributed by atoms with Crippen LogP contribution in [0, 0.1) is 0 Å². The fraction of sp³-hybridized carbons (Fsp3) is 0.250. The second-order valence-electron chi connectivity index (χ2n) is 7.59. The number of primary amides is 1. The zero-order valence-electron chi connectivity index (χ0n) is 18.2. The van der Waals surface area contributed by atoms with Gasteiger partial charge in [0, 0.05) is 18.0 Å². The van der Waals surface area contributed by atoms with E-state index in [-0.39, 0.29) is 5.56 Å². The van der Waals surface area contributed by atoms with Crippen LogP contribution in [-0.4, -0.2) is 38.4 Å². The van der Waals surface area contributed by atoms with E-state index in [4.69, 9.17) is 15.2 Å². The fourth-order valence-corrected chi connectivity index (χ4v) is 3.70. The van der Waals surface area contributed by atoms with Gasteiger partial charge >= 0.3 is 11.7 Å². The van der Waals surface area contributed by atoms with E-state index in [1.165, 1.54) is 12.5 Å². The summed E-state index contributed by atoms with van der Waals surface area (Å²) >= 11 is 0. The molecular formula is C24H25N5O4. The number of pyridine rings is 1. The molecule has 0 saturated heterocycles. The van der Waals surface area contributed by atoms with Crippen LogP contribution in [0.5, 0.6) is 0 Å². The highest BCUT2D eigenvalue weighted by Crippen LogP contribution is 2.28. The number of benzene rings is 1. The monoisotopic (exact) mass is 447 g/mol. The standard InChI is InChI=1S/C24H25N5O4/c1-2-3-11-20(24(23(25)31)32-15-16-33-24)27-22(30)18-10-7-13-26-21(18)29-14-12-19(28-29)17-8-5-4-6-9-17/h4-10,12-16,20H,2-3,11H2,1H3,(H2,25,31)(H,27,30). The fourth-order valence-electron chi connectivity index (χ4n) is 3.70. The number of carbonyl (C=O) groups excluding carboxylic acids is 2. The van der Waals surface area contributed by atoms with Gasteiger partial charge < -0.3 is 20.5 Å². The third-order valence-corrected chi connectivity index (χ3v) is 5.40.